The Morgan fingerprint density at radius 2 is 1.89 bits per heavy atom. The maximum atomic E-state index is 11.7. The molecular weight excluding hydrogens is 236 g/mol. The van der Waals surface area contributed by atoms with Crippen molar-refractivity contribution in [3.8, 4) is 0 Å². The second kappa shape index (κ2) is 4.58. The molecule has 1 aromatic rings. The predicted octanol–water partition coefficient (Wildman–Crippen LogP) is -0.0431. The number of amides is 1. The molecule has 1 aromatic carbocycles. The number of hydrazine groups is 1. The Balaban J connectivity index is 2.26. The van der Waals surface area contributed by atoms with Crippen molar-refractivity contribution >= 4 is 23.3 Å². The molecule has 0 bridgehead atoms. The van der Waals surface area contributed by atoms with Gasteiger partial charge in [0.2, 0.25) is 0 Å². The molecule has 1 aliphatic rings. The minimum atomic E-state index is -1.26. The quantitative estimate of drug-likeness (QED) is 0.451. The van der Waals surface area contributed by atoms with E-state index in [1.807, 2.05) is 6.92 Å². The van der Waals surface area contributed by atoms with Gasteiger partial charge in [0.15, 0.2) is 6.04 Å². The zero-order chi connectivity index (χ0) is 13.3. The van der Waals surface area contributed by atoms with Crippen molar-refractivity contribution in [3.05, 3.63) is 29.8 Å². The Bertz CT molecular complexity index is 509. The Kier molecular flexibility index (Phi) is 3.12. The van der Waals surface area contributed by atoms with Gasteiger partial charge in [0.05, 0.1) is 12.8 Å². The van der Waals surface area contributed by atoms with E-state index in [2.05, 4.69) is 10.2 Å². The third-order valence-corrected chi connectivity index (χ3v) is 2.66. The molecule has 1 amide bonds. The molecule has 1 aliphatic heterocycles. The Morgan fingerprint density at radius 3 is 2.44 bits per heavy atom. The number of hydrogen-bond donors (Lipinski definition) is 1. The first kappa shape index (κ1) is 12.3. The summed E-state index contributed by atoms with van der Waals surface area (Å²) in [6, 6.07) is 5.73. The highest BCUT2D eigenvalue weighted by atomic mass is 16.5. The summed E-state index contributed by atoms with van der Waals surface area (Å²) in [5.41, 5.74) is 4.07. The summed E-state index contributed by atoms with van der Waals surface area (Å²) < 4.78 is 4.46. The number of nitrogens with zero attached hydrogens (tertiary/aromatic N) is 1. The molecule has 6 heteroatoms. The van der Waals surface area contributed by atoms with Crippen LogP contribution < -0.4 is 10.4 Å². The van der Waals surface area contributed by atoms with Crippen molar-refractivity contribution in [2.45, 2.75) is 13.0 Å². The molecule has 1 fully saturated rings. The Morgan fingerprint density at radius 1 is 1.28 bits per heavy atom. The third-order valence-electron chi connectivity index (χ3n) is 2.66. The van der Waals surface area contributed by atoms with Crippen molar-refractivity contribution in [1.29, 1.82) is 0 Å². The summed E-state index contributed by atoms with van der Waals surface area (Å²) in [5.74, 6) is -2.36. The molecule has 1 N–H and O–H groups in total. The van der Waals surface area contributed by atoms with E-state index in [1.54, 1.807) is 24.3 Å². The third kappa shape index (κ3) is 1.98. The molecule has 18 heavy (non-hydrogen) atoms. The minimum Gasteiger partial charge on any atom is -0.467 e. The normalized spacial score (nSPS) is 19.2. The fourth-order valence-corrected chi connectivity index (χ4v) is 1.64. The van der Waals surface area contributed by atoms with Crippen LogP contribution in [0, 0.1) is 6.92 Å². The van der Waals surface area contributed by atoms with Crippen LogP contribution in [0.2, 0.25) is 0 Å². The minimum absolute atomic E-state index is 0.505. The van der Waals surface area contributed by atoms with Crippen molar-refractivity contribution in [3.63, 3.8) is 0 Å². The Labute approximate surface area is 103 Å². The van der Waals surface area contributed by atoms with Gasteiger partial charge >= 0.3 is 11.9 Å². The van der Waals surface area contributed by atoms with Gasteiger partial charge in [0.1, 0.15) is 0 Å². The molecule has 0 saturated carbocycles. The first-order chi connectivity index (χ1) is 8.54. The number of rotatable bonds is 2. The van der Waals surface area contributed by atoms with Crippen LogP contribution in [0.3, 0.4) is 0 Å². The molecular formula is C12H12N2O4. The number of aryl methyl sites for hydroxylation is 1. The van der Waals surface area contributed by atoms with Gasteiger partial charge in [-0.25, -0.2) is 15.2 Å². The molecule has 1 unspecified atom stereocenters. The van der Waals surface area contributed by atoms with Crippen LogP contribution in [-0.4, -0.2) is 30.8 Å². The zero-order valence-electron chi connectivity index (χ0n) is 9.97. The Hall–Kier alpha value is -2.21. The van der Waals surface area contributed by atoms with Crippen LogP contribution in [0.4, 0.5) is 5.69 Å². The number of carbonyl (C=O) groups is 3. The molecule has 6 nitrogen and oxygen atoms in total. The van der Waals surface area contributed by atoms with E-state index in [9.17, 15) is 14.4 Å². The molecule has 1 atom stereocenters. The number of anilines is 1. The number of carbonyl (C=O) groups excluding carboxylic acids is 3. The van der Waals surface area contributed by atoms with E-state index in [4.69, 9.17) is 0 Å². The van der Waals surface area contributed by atoms with Crippen molar-refractivity contribution in [2.75, 3.05) is 12.1 Å². The summed E-state index contributed by atoms with van der Waals surface area (Å²) >= 11 is 0. The maximum Gasteiger partial charge on any atom is 0.333 e. The number of ketones is 1. The van der Waals surface area contributed by atoms with Gasteiger partial charge in [0, 0.05) is 0 Å². The molecule has 94 valence electrons. The summed E-state index contributed by atoms with van der Waals surface area (Å²) in [5, 5.41) is 1.06. The van der Waals surface area contributed by atoms with Gasteiger partial charge in [-0.2, -0.15) is 0 Å². The average molecular weight is 248 g/mol. The number of hydrogen-bond acceptors (Lipinski definition) is 5. The predicted molar refractivity (Wildman–Crippen MR) is 62.6 cm³/mol. The van der Waals surface area contributed by atoms with Crippen LogP contribution >= 0.6 is 0 Å². The maximum absolute atomic E-state index is 11.7. The number of esters is 1. The van der Waals surface area contributed by atoms with Crippen molar-refractivity contribution < 1.29 is 19.1 Å². The molecule has 0 radical (unpaired) electrons. The lowest BCUT2D eigenvalue weighted by Gasteiger charge is -2.16. The van der Waals surface area contributed by atoms with Gasteiger partial charge in [0.25, 0.3) is 5.78 Å². The SMILES string of the molecule is COC(=O)C1NN(c2ccc(C)cc2)C(=O)C1=O. The molecule has 0 spiro atoms. The van der Waals surface area contributed by atoms with Crippen LogP contribution in [0.25, 0.3) is 0 Å². The zero-order valence-corrected chi connectivity index (χ0v) is 9.97. The average Bonchev–Trinajstić information content (AvgIpc) is 2.67. The number of nitrogens with one attached hydrogen (secondary N) is 1. The van der Waals surface area contributed by atoms with E-state index in [0.29, 0.717) is 5.69 Å². The van der Waals surface area contributed by atoms with E-state index in [-0.39, 0.29) is 0 Å². The van der Waals surface area contributed by atoms with Gasteiger partial charge < -0.3 is 4.74 Å². The van der Waals surface area contributed by atoms with Gasteiger partial charge in [-0.05, 0) is 19.1 Å². The second-order valence-corrected chi connectivity index (χ2v) is 3.93. The number of methoxy groups -OCH3 is 1. The lowest BCUT2D eigenvalue weighted by molar-refractivity contribution is -0.147. The summed E-state index contributed by atoms with van der Waals surface area (Å²) in [7, 11) is 1.16. The van der Waals surface area contributed by atoms with Crippen LogP contribution in [-0.2, 0) is 19.1 Å². The van der Waals surface area contributed by atoms with Crippen molar-refractivity contribution in [2.24, 2.45) is 0 Å². The van der Waals surface area contributed by atoms with Gasteiger partial charge in [-0.1, -0.05) is 17.7 Å². The molecule has 0 aromatic heterocycles. The number of ether oxygens (including phenoxy) is 1. The molecule has 1 saturated heterocycles. The lowest BCUT2D eigenvalue weighted by atomic mass is 10.2. The van der Waals surface area contributed by atoms with Crippen LogP contribution in [0.15, 0.2) is 24.3 Å². The first-order valence-corrected chi connectivity index (χ1v) is 5.33. The van der Waals surface area contributed by atoms with E-state index < -0.39 is 23.7 Å². The summed E-state index contributed by atoms with van der Waals surface area (Å²) in [4.78, 5) is 34.6. The standard InChI is InChI=1S/C12H12N2O4/c1-7-3-5-8(6-4-7)14-11(16)10(15)9(13-14)12(17)18-2/h3-6,9,13H,1-2H3. The smallest absolute Gasteiger partial charge is 0.333 e. The molecule has 0 aliphatic carbocycles. The van der Waals surface area contributed by atoms with Crippen LogP contribution in [0.1, 0.15) is 5.56 Å². The number of Topliss-reactive ketones (excluding diaryl/α,β-unsaturated/α-hetero) is 1. The van der Waals surface area contributed by atoms with Gasteiger partial charge in [-0.15, -0.1) is 0 Å². The topological polar surface area (TPSA) is 75.7 Å². The summed E-state index contributed by atoms with van der Waals surface area (Å²) in [6.45, 7) is 1.91. The highest BCUT2D eigenvalue weighted by Gasteiger charge is 2.44. The highest BCUT2D eigenvalue weighted by Crippen LogP contribution is 2.18. The monoisotopic (exact) mass is 248 g/mol. The lowest BCUT2D eigenvalue weighted by Crippen LogP contribution is -2.42. The van der Waals surface area contributed by atoms with E-state index in [1.165, 1.54) is 0 Å². The highest BCUT2D eigenvalue weighted by molar-refractivity contribution is 6.48. The van der Waals surface area contributed by atoms with Crippen LogP contribution in [0.5, 0.6) is 0 Å². The fourth-order valence-electron chi connectivity index (χ4n) is 1.64. The second-order valence-electron chi connectivity index (χ2n) is 3.93. The van der Waals surface area contributed by atoms with Gasteiger partial charge in [-0.3, -0.25) is 9.59 Å². The van der Waals surface area contributed by atoms with E-state index in [0.717, 1.165) is 17.7 Å². The largest absolute Gasteiger partial charge is 0.467 e. The van der Waals surface area contributed by atoms with E-state index >= 15 is 0 Å². The number of benzene rings is 1. The first-order valence-electron chi connectivity index (χ1n) is 5.33. The summed E-state index contributed by atoms with van der Waals surface area (Å²) in [6.07, 6.45) is 0. The molecule has 2 rings (SSSR count). The molecule has 1 heterocycles. The van der Waals surface area contributed by atoms with Crippen molar-refractivity contribution in [1.82, 2.24) is 5.43 Å². The fraction of sp³-hybridized carbons (Fsp3) is 0.250.